The zero-order chi connectivity index (χ0) is 20.9. The monoisotopic (exact) mass is 422 g/mol. The average Bonchev–Trinajstić information content (AvgIpc) is 3.28. The molecule has 0 bridgehead atoms. The van der Waals surface area contributed by atoms with E-state index in [1.807, 2.05) is 11.7 Å². The Morgan fingerprint density at radius 3 is 2.69 bits per heavy atom. The van der Waals surface area contributed by atoms with Crippen LogP contribution in [-0.4, -0.2) is 83.1 Å². The van der Waals surface area contributed by atoms with Crippen LogP contribution in [-0.2, 0) is 18.2 Å². The zero-order valence-electron chi connectivity index (χ0n) is 18.8. The molecule has 7 nitrogen and oxygen atoms in total. The minimum atomic E-state index is 0.177. The van der Waals surface area contributed by atoms with Gasteiger partial charge in [0.2, 0.25) is 0 Å². The first-order chi connectivity index (χ1) is 13.9. The highest BCUT2D eigenvalue weighted by Crippen LogP contribution is 2.34. The number of aliphatic imine (C=N–C) groups is 1. The highest BCUT2D eigenvalue weighted by atomic mass is 32.2. The van der Waals surface area contributed by atoms with Gasteiger partial charge in [-0.05, 0) is 51.9 Å². The molecule has 2 aliphatic rings. The standard InChI is InChI=1S/C21H38N6OS/c1-6-22-20(24-16(2)13-19-17(3)25-26(5)18(19)4)23-14-21(7-12-29-15-21)27-8-10-28-11-9-27/h16H,6-15H2,1-5H3,(H2,22,23,24). The fourth-order valence-electron chi connectivity index (χ4n) is 4.36. The fourth-order valence-corrected chi connectivity index (χ4v) is 5.82. The lowest BCUT2D eigenvalue weighted by atomic mass is 9.96. The molecule has 1 aromatic heterocycles. The van der Waals surface area contributed by atoms with Crippen LogP contribution in [0.15, 0.2) is 4.99 Å². The fraction of sp³-hybridized carbons (Fsp3) is 0.810. The molecule has 2 saturated heterocycles. The second kappa shape index (κ2) is 10.2. The first kappa shape index (κ1) is 22.4. The van der Waals surface area contributed by atoms with E-state index < -0.39 is 0 Å². The SMILES string of the molecule is CCNC(=NCC1(N2CCOCC2)CCSC1)NC(C)Cc1c(C)nn(C)c1C. The maximum Gasteiger partial charge on any atom is 0.191 e. The molecule has 8 heteroatoms. The van der Waals surface area contributed by atoms with Crippen molar-refractivity contribution in [1.82, 2.24) is 25.3 Å². The third-order valence-electron chi connectivity index (χ3n) is 6.19. The third-order valence-corrected chi connectivity index (χ3v) is 7.43. The van der Waals surface area contributed by atoms with Crippen LogP contribution in [0.4, 0.5) is 0 Å². The maximum absolute atomic E-state index is 5.58. The van der Waals surface area contributed by atoms with Crippen molar-refractivity contribution in [2.24, 2.45) is 12.0 Å². The topological polar surface area (TPSA) is 66.7 Å². The lowest BCUT2D eigenvalue weighted by molar-refractivity contribution is -0.0104. The smallest absolute Gasteiger partial charge is 0.191 e. The van der Waals surface area contributed by atoms with Crippen LogP contribution >= 0.6 is 11.8 Å². The van der Waals surface area contributed by atoms with Gasteiger partial charge in [-0.15, -0.1) is 0 Å². The molecule has 0 spiro atoms. The zero-order valence-corrected chi connectivity index (χ0v) is 19.6. The largest absolute Gasteiger partial charge is 0.379 e. The van der Waals surface area contributed by atoms with Gasteiger partial charge in [0.15, 0.2) is 5.96 Å². The Morgan fingerprint density at radius 1 is 1.34 bits per heavy atom. The first-order valence-electron chi connectivity index (χ1n) is 10.9. The molecule has 0 amide bonds. The molecule has 3 rings (SSSR count). The predicted molar refractivity (Wildman–Crippen MR) is 122 cm³/mol. The summed E-state index contributed by atoms with van der Waals surface area (Å²) < 4.78 is 7.56. The van der Waals surface area contributed by atoms with Gasteiger partial charge in [0.1, 0.15) is 0 Å². The number of aryl methyl sites for hydroxylation is 2. The van der Waals surface area contributed by atoms with Crippen molar-refractivity contribution in [2.75, 3.05) is 50.9 Å². The summed E-state index contributed by atoms with van der Waals surface area (Å²) in [5.74, 6) is 3.32. The number of ether oxygens (including phenoxy) is 1. The van der Waals surface area contributed by atoms with Crippen LogP contribution in [0.25, 0.3) is 0 Å². The number of rotatable bonds is 7. The van der Waals surface area contributed by atoms with E-state index in [1.165, 1.54) is 29.2 Å². The lowest BCUT2D eigenvalue weighted by Gasteiger charge is -2.42. The Hall–Kier alpha value is -1.25. The van der Waals surface area contributed by atoms with E-state index in [-0.39, 0.29) is 11.6 Å². The van der Waals surface area contributed by atoms with Crippen molar-refractivity contribution < 1.29 is 4.74 Å². The van der Waals surface area contributed by atoms with Gasteiger partial charge < -0.3 is 15.4 Å². The Balaban J connectivity index is 1.66. The van der Waals surface area contributed by atoms with Crippen LogP contribution in [0.2, 0.25) is 0 Å². The molecule has 0 aliphatic carbocycles. The van der Waals surface area contributed by atoms with E-state index in [1.54, 1.807) is 0 Å². The van der Waals surface area contributed by atoms with Gasteiger partial charge in [0.25, 0.3) is 0 Å². The van der Waals surface area contributed by atoms with Crippen molar-refractivity contribution in [3.05, 3.63) is 17.0 Å². The molecule has 164 valence electrons. The molecular formula is C21H38N6OS. The Labute approximate surface area is 180 Å². The van der Waals surface area contributed by atoms with Crippen LogP contribution < -0.4 is 10.6 Å². The minimum Gasteiger partial charge on any atom is -0.379 e. The van der Waals surface area contributed by atoms with E-state index in [0.29, 0.717) is 0 Å². The van der Waals surface area contributed by atoms with E-state index in [2.05, 4.69) is 60.1 Å². The molecule has 0 saturated carbocycles. The Kier molecular flexibility index (Phi) is 7.87. The van der Waals surface area contributed by atoms with Crippen molar-refractivity contribution in [3.8, 4) is 0 Å². The summed E-state index contributed by atoms with van der Waals surface area (Å²) in [7, 11) is 2.01. The summed E-state index contributed by atoms with van der Waals surface area (Å²) in [6.45, 7) is 14.0. The van der Waals surface area contributed by atoms with Crippen LogP contribution in [0.3, 0.4) is 0 Å². The molecule has 0 aromatic carbocycles. The number of nitrogens with zero attached hydrogens (tertiary/aromatic N) is 4. The molecule has 2 fully saturated rings. The first-order valence-corrected chi connectivity index (χ1v) is 12.0. The van der Waals surface area contributed by atoms with Crippen molar-refractivity contribution in [2.45, 2.75) is 52.1 Å². The summed E-state index contributed by atoms with van der Waals surface area (Å²) >= 11 is 2.06. The summed E-state index contributed by atoms with van der Waals surface area (Å²) in [5.41, 5.74) is 3.87. The molecular weight excluding hydrogens is 384 g/mol. The maximum atomic E-state index is 5.58. The van der Waals surface area contributed by atoms with Crippen LogP contribution in [0.1, 0.15) is 37.2 Å². The number of thioether (sulfide) groups is 1. The van der Waals surface area contributed by atoms with Crippen molar-refractivity contribution in [3.63, 3.8) is 0 Å². The van der Waals surface area contributed by atoms with Gasteiger partial charge in [0.05, 0.1) is 31.0 Å². The van der Waals surface area contributed by atoms with Gasteiger partial charge in [-0.1, -0.05) is 0 Å². The number of hydrogen-bond donors (Lipinski definition) is 2. The van der Waals surface area contributed by atoms with Gasteiger partial charge >= 0.3 is 0 Å². The number of morpholine rings is 1. The normalized spacial score (nSPS) is 24.7. The van der Waals surface area contributed by atoms with Gasteiger partial charge in [-0.2, -0.15) is 16.9 Å². The van der Waals surface area contributed by atoms with E-state index in [0.717, 1.165) is 57.5 Å². The summed E-state index contributed by atoms with van der Waals surface area (Å²) in [6, 6.07) is 0.284. The average molecular weight is 423 g/mol. The second-order valence-corrected chi connectivity index (χ2v) is 9.45. The summed E-state index contributed by atoms with van der Waals surface area (Å²) in [6.07, 6.45) is 2.16. The number of nitrogens with one attached hydrogen (secondary N) is 2. The Bertz CT molecular complexity index is 692. The quantitative estimate of drug-likeness (QED) is 0.515. The minimum absolute atomic E-state index is 0.177. The number of guanidine groups is 1. The summed E-state index contributed by atoms with van der Waals surface area (Å²) in [4.78, 5) is 7.67. The molecule has 2 unspecified atom stereocenters. The molecule has 1 aromatic rings. The van der Waals surface area contributed by atoms with Crippen LogP contribution in [0, 0.1) is 13.8 Å². The highest BCUT2D eigenvalue weighted by molar-refractivity contribution is 7.99. The lowest BCUT2D eigenvalue weighted by Crippen LogP contribution is -2.56. The van der Waals surface area contributed by atoms with Gasteiger partial charge in [-0.25, -0.2) is 0 Å². The third kappa shape index (κ3) is 5.47. The molecule has 3 heterocycles. The Morgan fingerprint density at radius 2 is 2.10 bits per heavy atom. The second-order valence-electron chi connectivity index (χ2n) is 8.34. The molecule has 29 heavy (non-hydrogen) atoms. The molecule has 2 N–H and O–H groups in total. The predicted octanol–water partition coefficient (Wildman–Crippen LogP) is 1.73. The van der Waals surface area contributed by atoms with E-state index >= 15 is 0 Å². The molecule has 2 aliphatic heterocycles. The number of aromatic nitrogens is 2. The van der Waals surface area contributed by atoms with Gasteiger partial charge in [-0.3, -0.25) is 14.6 Å². The van der Waals surface area contributed by atoms with Crippen molar-refractivity contribution in [1.29, 1.82) is 0 Å². The summed E-state index contributed by atoms with van der Waals surface area (Å²) in [5, 5.41) is 11.6. The van der Waals surface area contributed by atoms with E-state index in [4.69, 9.17) is 9.73 Å². The van der Waals surface area contributed by atoms with Crippen LogP contribution in [0.5, 0.6) is 0 Å². The van der Waals surface area contributed by atoms with Gasteiger partial charge in [0, 0.05) is 44.2 Å². The highest BCUT2D eigenvalue weighted by Gasteiger charge is 2.40. The van der Waals surface area contributed by atoms with Crippen molar-refractivity contribution >= 4 is 17.7 Å². The number of hydrogen-bond acceptors (Lipinski definition) is 5. The van der Waals surface area contributed by atoms with E-state index in [9.17, 15) is 0 Å². The molecule has 2 atom stereocenters. The molecule has 0 radical (unpaired) electrons.